The maximum absolute atomic E-state index is 12.2. The van der Waals surface area contributed by atoms with Crippen LogP contribution in [-0.4, -0.2) is 17.0 Å². The summed E-state index contributed by atoms with van der Waals surface area (Å²) in [4.78, 5) is 13.5. The summed E-state index contributed by atoms with van der Waals surface area (Å²) in [6, 6.07) is 6.23. The van der Waals surface area contributed by atoms with E-state index in [1.165, 1.54) is 4.88 Å². The molecule has 108 valence electrons. The molecule has 0 bridgehead atoms. The van der Waals surface area contributed by atoms with Crippen molar-refractivity contribution in [3.63, 3.8) is 0 Å². The molecule has 0 atom stereocenters. The fourth-order valence-corrected chi connectivity index (χ4v) is 3.85. The van der Waals surface area contributed by atoms with Gasteiger partial charge in [0.1, 0.15) is 5.69 Å². The van der Waals surface area contributed by atoms with Crippen LogP contribution in [0.4, 0.5) is 0 Å². The molecule has 0 fully saturated rings. The second-order valence-corrected chi connectivity index (χ2v) is 8.22. The SMILES string of the molecule is CC(C)n1cc(Br)cc1C(=O)NCCc1ccc(Br)s1. The smallest absolute Gasteiger partial charge is 0.267 e. The minimum absolute atomic E-state index is 0.0278. The van der Waals surface area contributed by atoms with Crippen LogP contribution in [0, 0.1) is 0 Å². The number of hydrogen-bond acceptors (Lipinski definition) is 2. The first-order valence-electron chi connectivity index (χ1n) is 6.37. The van der Waals surface area contributed by atoms with Crippen LogP contribution in [0.2, 0.25) is 0 Å². The normalized spacial score (nSPS) is 11.1. The number of aromatic nitrogens is 1. The van der Waals surface area contributed by atoms with Crippen molar-refractivity contribution in [3.05, 3.63) is 43.2 Å². The van der Waals surface area contributed by atoms with E-state index in [2.05, 4.69) is 57.1 Å². The molecule has 2 aromatic rings. The van der Waals surface area contributed by atoms with Crippen LogP contribution in [0.5, 0.6) is 0 Å². The predicted molar refractivity (Wildman–Crippen MR) is 90.6 cm³/mol. The van der Waals surface area contributed by atoms with Crippen molar-refractivity contribution in [3.8, 4) is 0 Å². The Hall–Kier alpha value is -0.590. The summed E-state index contributed by atoms with van der Waals surface area (Å²) in [6.07, 6.45) is 2.79. The standard InChI is InChI=1S/C14H16Br2N2OS/c1-9(2)18-8-10(15)7-12(18)14(19)17-6-5-11-3-4-13(16)20-11/h3-4,7-9H,5-6H2,1-2H3,(H,17,19). The van der Waals surface area contributed by atoms with E-state index in [1.54, 1.807) is 11.3 Å². The molecule has 0 aliphatic carbocycles. The quantitative estimate of drug-likeness (QED) is 0.753. The van der Waals surface area contributed by atoms with Gasteiger partial charge < -0.3 is 9.88 Å². The number of carbonyl (C=O) groups excluding carboxylic acids is 1. The molecule has 0 aromatic carbocycles. The second kappa shape index (κ2) is 6.91. The molecule has 2 aromatic heterocycles. The van der Waals surface area contributed by atoms with Crippen molar-refractivity contribution in [2.75, 3.05) is 6.54 Å². The maximum Gasteiger partial charge on any atom is 0.267 e. The largest absolute Gasteiger partial charge is 0.350 e. The van der Waals surface area contributed by atoms with Gasteiger partial charge in [0.05, 0.1) is 3.79 Å². The fraction of sp³-hybridized carbons (Fsp3) is 0.357. The molecule has 0 radical (unpaired) electrons. The molecule has 0 aliphatic heterocycles. The molecule has 6 heteroatoms. The minimum atomic E-state index is -0.0278. The molecule has 2 rings (SSSR count). The highest BCUT2D eigenvalue weighted by Crippen LogP contribution is 2.22. The molecule has 0 unspecified atom stereocenters. The topological polar surface area (TPSA) is 34.0 Å². The van der Waals surface area contributed by atoms with E-state index < -0.39 is 0 Å². The van der Waals surface area contributed by atoms with Crippen LogP contribution in [0.3, 0.4) is 0 Å². The van der Waals surface area contributed by atoms with E-state index >= 15 is 0 Å². The zero-order valence-corrected chi connectivity index (χ0v) is 15.3. The zero-order valence-electron chi connectivity index (χ0n) is 11.3. The summed E-state index contributed by atoms with van der Waals surface area (Å²) in [7, 11) is 0. The molecule has 0 aliphatic rings. The van der Waals surface area contributed by atoms with Gasteiger partial charge in [0.2, 0.25) is 0 Å². The number of thiophene rings is 1. The van der Waals surface area contributed by atoms with E-state index in [4.69, 9.17) is 0 Å². The van der Waals surface area contributed by atoms with E-state index in [-0.39, 0.29) is 11.9 Å². The van der Waals surface area contributed by atoms with Crippen molar-refractivity contribution in [1.29, 1.82) is 0 Å². The van der Waals surface area contributed by atoms with Crippen LogP contribution in [-0.2, 0) is 6.42 Å². The number of hydrogen-bond donors (Lipinski definition) is 1. The average molecular weight is 420 g/mol. The highest BCUT2D eigenvalue weighted by Gasteiger charge is 2.14. The number of nitrogens with one attached hydrogen (secondary N) is 1. The molecule has 1 amide bonds. The van der Waals surface area contributed by atoms with Crippen LogP contribution in [0.25, 0.3) is 0 Å². The lowest BCUT2D eigenvalue weighted by atomic mass is 10.3. The Morgan fingerprint density at radius 2 is 2.15 bits per heavy atom. The predicted octanol–water partition coefficient (Wildman–Crippen LogP) is 4.63. The fourth-order valence-electron chi connectivity index (χ4n) is 1.93. The van der Waals surface area contributed by atoms with Gasteiger partial charge in [-0.05, 0) is 70.3 Å². The number of rotatable bonds is 5. The summed E-state index contributed by atoms with van der Waals surface area (Å²) >= 11 is 8.56. The molecule has 20 heavy (non-hydrogen) atoms. The van der Waals surface area contributed by atoms with E-state index in [9.17, 15) is 4.79 Å². The van der Waals surface area contributed by atoms with Crippen molar-refractivity contribution < 1.29 is 4.79 Å². The van der Waals surface area contributed by atoms with Crippen LogP contribution < -0.4 is 5.32 Å². The molecule has 3 nitrogen and oxygen atoms in total. The monoisotopic (exact) mass is 418 g/mol. The van der Waals surface area contributed by atoms with Crippen LogP contribution in [0.1, 0.15) is 35.3 Å². The molecule has 2 heterocycles. The van der Waals surface area contributed by atoms with Crippen LogP contribution >= 0.6 is 43.2 Å². The minimum Gasteiger partial charge on any atom is -0.350 e. The number of amides is 1. The third kappa shape index (κ3) is 3.96. The van der Waals surface area contributed by atoms with Crippen molar-refractivity contribution >= 4 is 49.1 Å². The van der Waals surface area contributed by atoms with Gasteiger partial charge in [-0.3, -0.25) is 4.79 Å². The Labute approximate surface area is 139 Å². The highest BCUT2D eigenvalue weighted by molar-refractivity contribution is 9.11. The van der Waals surface area contributed by atoms with Crippen molar-refractivity contribution in [2.24, 2.45) is 0 Å². The molecular formula is C14H16Br2N2OS. The Bertz CT molecular complexity index is 604. The van der Waals surface area contributed by atoms with Gasteiger partial charge in [-0.15, -0.1) is 11.3 Å². The molecule has 1 N–H and O–H groups in total. The lowest BCUT2D eigenvalue weighted by Gasteiger charge is -2.12. The number of halogens is 2. The summed E-state index contributed by atoms with van der Waals surface area (Å²) in [6.45, 7) is 4.77. The third-order valence-electron chi connectivity index (χ3n) is 2.89. The van der Waals surface area contributed by atoms with Gasteiger partial charge in [-0.25, -0.2) is 0 Å². The van der Waals surface area contributed by atoms with Gasteiger partial charge >= 0.3 is 0 Å². The van der Waals surface area contributed by atoms with Crippen LogP contribution in [0.15, 0.2) is 32.7 Å². The number of carbonyl (C=O) groups is 1. The lowest BCUT2D eigenvalue weighted by molar-refractivity contribution is 0.0943. The lowest BCUT2D eigenvalue weighted by Crippen LogP contribution is -2.28. The molecule has 0 spiro atoms. The maximum atomic E-state index is 12.2. The summed E-state index contributed by atoms with van der Waals surface area (Å²) in [5.74, 6) is -0.0278. The van der Waals surface area contributed by atoms with Gasteiger partial charge in [-0.1, -0.05) is 0 Å². The summed E-state index contributed by atoms with van der Waals surface area (Å²) in [5, 5.41) is 2.98. The second-order valence-electron chi connectivity index (χ2n) is 4.76. The van der Waals surface area contributed by atoms with E-state index in [0.29, 0.717) is 12.2 Å². The van der Waals surface area contributed by atoms with Crippen molar-refractivity contribution in [2.45, 2.75) is 26.3 Å². The molecule has 0 saturated carbocycles. The molecular weight excluding hydrogens is 404 g/mol. The van der Waals surface area contributed by atoms with Gasteiger partial charge in [0, 0.05) is 28.1 Å². The first kappa shape index (κ1) is 15.8. The Balaban J connectivity index is 1.95. The van der Waals surface area contributed by atoms with Gasteiger partial charge in [0.25, 0.3) is 5.91 Å². The molecule has 0 saturated heterocycles. The first-order chi connectivity index (χ1) is 9.47. The highest BCUT2D eigenvalue weighted by atomic mass is 79.9. The zero-order chi connectivity index (χ0) is 14.7. The Morgan fingerprint density at radius 1 is 1.40 bits per heavy atom. The number of nitrogens with zero attached hydrogens (tertiary/aromatic N) is 1. The van der Waals surface area contributed by atoms with Gasteiger partial charge in [0.15, 0.2) is 0 Å². The van der Waals surface area contributed by atoms with Gasteiger partial charge in [-0.2, -0.15) is 0 Å². The summed E-state index contributed by atoms with van der Waals surface area (Å²) < 4.78 is 4.02. The van der Waals surface area contributed by atoms with E-state index in [0.717, 1.165) is 14.7 Å². The summed E-state index contributed by atoms with van der Waals surface area (Å²) in [5.41, 5.74) is 0.694. The van der Waals surface area contributed by atoms with Crippen molar-refractivity contribution in [1.82, 2.24) is 9.88 Å². The average Bonchev–Trinajstić information content (AvgIpc) is 2.95. The first-order valence-corrected chi connectivity index (χ1v) is 8.77. The Morgan fingerprint density at radius 3 is 2.75 bits per heavy atom. The van der Waals surface area contributed by atoms with E-state index in [1.807, 2.05) is 22.9 Å². The third-order valence-corrected chi connectivity index (χ3v) is 5.01. The Kier molecular flexibility index (Phi) is 5.46.